The second kappa shape index (κ2) is 3.22. The summed E-state index contributed by atoms with van der Waals surface area (Å²) in [6.07, 6.45) is 1.46. The van der Waals surface area contributed by atoms with Crippen LogP contribution in [0.5, 0.6) is 0 Å². The highest BCUT2D eigenvalue weighted by Crippen LogP contribution is 2.35. The molecule has 0 aliphatic carbocycles. The van der Waals surface area contributed by atoms with Crippen molar-refractivity contribution in [2.45, 2.75) is 38.8 Å². The van der Waals surface area contributed by atoms with Crippen LogP contribution in [-0.4, -0.2) is 35.6 Å². The molecule has 0 saturated carbocycles. The molecule has 74 valence electrons. The Morgan fingerprint density at radius 1 is 1.54 bits per heavy atom. The smallest absolute Gasteiger partial charge is 0.157 e. The second-order valence-corrected chi connectivity index (χ2v) is 4.13. The lowest BCUT2D eigenvalue weighted by molar-refractivity contribution is -0.133. The molecule has 0 amide bonds. The van der Waals surface area contributed by atoms with Crippen molar-refractivity contribution in [3.05, 3.63) is 0 Å². The Balaban J connectivity index is 3.03. The third-order valence-electron chi connectivity index (χ3n) is 3.50. The first-order valence-corrected chi connectivity index (χ1v) is 4.66. The number of nitrogens with zero attached hydrogens (tertiary/aromatic N) is 1. The van der Waals surface area contributed by atoms with Crippen LogP contribution in [0.3, 0.4) is 0 Å². The number of carbonyl (C=O) groups excluding carboxylic acids is 2. The lowest BCUT2D eigenvalue weighted by Crippen LogP contribution is -2.50. The summed E-state index contributed by atoms with van der Waals surface area (Å²) < 4.78 is 0. The topological polar surface area (TPSA) is 37.4 Å². The Morgan fingerprint density at radius 2 is 2.08 bits per heavy atom. The molecule has 0 aromatic carbocycles. The molecule has 3 nitrogen and oxygen atoms in total. The van der Waals surface area contributed by atoms with Gasteiger partial charge in [0.25, 0.3) is 0 Å². The quantitative estimate of drug-likeness (QED) is 0.471. The molecule has 0 aromatic heterocycles. The van der Waals surface area contributed by atoms with E-state index in [-0.39, 0.29) is 5.78 Å². The zero-order valence-corrected chi connectivity index (χ0v) is 8.70. The zero-order chi connectivity index (χ0) is 10.2. The van der Waals surface area contributed by atoms with E-state index in [1.54, 1.807) is 0 Å². The fraction of sp³-hybridized carbons (Fsp3) is 0.800. The maximum Gasteiger partial charge on any atom is 0.157 e. The SMILES string of the molecule is CC(=O)C1(C=O)CC(C)C(C)N1C. The Kier molecular flexibility index (Phi) is 2.57. The van der Waals surface area contributed by atoms with Gasteiger partial charge in [-0.15, -0.1) is 0 Å². The molecular weight excluding hydrogens is 166 g/mol. The largest absolute Gasteiger partial charge is 0.301 e. The standard InChI is InChI=1S/C10H17NO2/c1-7-5-10(6-12,9(3)13)11(4)8(7)2/h6-8H,5H2,1-4H3. The monoisotopic (exact) mass is 183 g/mol. The summed E-state index contributed by atoms with van der Waals surface area (Å²) in [5.41, 5.74) is -0.848. The summed E-state index contributed by atoms with van der Waals surface area (Å²) in [4.78, 5) is 24.3. The summed E-state index contributed by atoms with van der Waals surface area (Å²) in [7, 11) is 1.85. The third kappa shape index (κ3) is 1.31. The Hall–Kier alpha value is -0.700. The first kappa shape index (κ1) is 10.4. The Bertz CT molecular complexity index is 239. The zero-order valence-electron chi connectivity index (χ0n) is 8.70. The van der Waals surface area contributed by atoms with Gasteiger partial charge >= 0.3 is 0 Å². The molecule has 1 aliphatic rings. The highest BCUT2D eigenvalue weighted by atomic mass is 16.1. The van der Waals surface area contributed by atoms with Crippen molar-refractivity contribution in [1.82, 2.24) is 4.90 Å². The van der Waals surface area contributed by atoms with E-state index in [1.807, 2.05) is 11.9 Å². The molecule has 13 heavy (non-hydrogen) atoms. The highest BCUT2D eigenvalue weighted by Gasteiger charge is 2.49. The summed E-state index contributed by atoms with van der Waals surface area (Å²) in [6.45, 7) is 5.63. The maximum absolute atomic E-state index is 11.4. The van der Waals surface area contributed by atoms with Gasteiger partial charge in [0.05, 0.1) is 0 Å². The predicted octanol–water partition coefficient (Wildman–Crippen LogP) is 0.873. The van der Waals surface area contributed by atoms with Crippen LogP contribution in [0.15, 0.2) is 0 Å². The molecule has 0 aromatic rings. The van der Waals surface area contributed by atoms with Gasteiger partial charge in [0.15, 0.2) is 5.78 Å². The fourth-order valence-electron chi connectivity index (χ4n) is 2.16. The first-order valence-electron chi connectivity index (χ1n) is 4.66. The molecule has 1 aliphatic heterocycles. The molecule has 0 bridgehead atoms. The first-order chi connectivity index (χ1) is 5.95. The Labute approximate surface area is 79.1 Å². The molecule has 0 spiro atoms. The number of hydrogen-bond acceptors (Lipinski definition) is 3. The van der Waals surface area contributed by atoms with E-state index in [9.17, 15) is 9.59 Å². The van der Waals surface area contributed by atoms with Crippen LogP contribution in [0.25, 0.3) is 0 Å². The average molecular weight is 183 g/mol. The van der Waals surface area contributed by atoms with Crippen molar-refractivity contribution in [1.29, 1.82) is 0 Å². The molecule has 3 heteroatoms. The molecule has 1 heterocycles. The van der Waals surface area contributed by atoms with Crippen molar-refractivity contribution < 1.29 is 9.59 Å². The molecule has 1 fully saturated rings. The van der Waals surface area contributed by atoms with E-state index < -0.39 is 5.54 Å². The van der Waals surface area contributed by atoms with Crippen LogP contribution in [0.1, 0.15) is 27.2 Å². The molecule has 0 radical (unpaired) electrons. The molecular formula is C10H17NO2. The number of likely N-dealkylation sites (N-methyl/N-ethyl adjacent to an activating group) is 1. The summed E-state index contributed by atoms with van der Waals surface area (Å²) in [6, 6.07) is 0.300. The molecule has 1 saturated heterocycles. The number of Topliss-reactive ketones (excluding diaryl/α,β-unsaturated/α-hetero) is 1. The van der Waals surface area contributed by atoms with Crippen molar-refractivity contribution in [3.8, 4) is 0 Å². The van der Waals surface area contributed by atoms with Crippen molar-refractivity contribution in [3.63, 3.8) is 0 Å². The van der Waals surface area contributed by atoms with E-state index in [2.05, 4.69) is 13.8 Å². The third-order valence-corrected chi connectivity index (χ3v) is 3.50. The van der Waals surface area contributed by atoms with Gasteiger partial charge in [0, 0.05) is 6.04 Å². The average Bonchev–Trinajstić information content (AvgIpc) is 2.30. The summed E-state index contributed by atoms with van der Waals surface area (Å²) in [5, 5.41) is 0. The van der Waals surface area contributed by atoms with Crippen molar-refractivity contribution >= 4 is 12.1 Å². The Morgan fingerprint density at radius 3 is 2.23 bits per heavy atom. The van der Waals surface area contributed by atoms with Crippen LogP contribution >= 0.6 is 0 Å². The molecule has 0 N–H and O–H groups in total. The summed E-state index contributed by atoms with van der Waals surface area (Å²) in [5.74, 6) is 0.361. The van der Waals surface area contributed by atoms with Crippen LogP contribution in [-0.2, 0) is 9.59 Å². The van der Waals surface area contributed by atoms with Gasteiger partial charge in [0.1, 0.15) is 11.8 Å². The van der Waals surface area contributed by atoms with E-state index in [0.29, 0.717) is 18.4 Å². The number of hydrogen-bond donors (Lipinski definition) is 0. The number of ketones is 1. The van der Waals surface area contributed by atoms with E-state index >= 15 is 0 Å². The van der Waals surface area contributed by atoms with Crippen LogP contribution in [0, 0.1) is 5.92 Å². The van der Waals surface area contributed by atoms with Gasteiger partial charge in [-0.25, -0.2) is 0 Å². The van der Waals surface area contributed by atoms with Gasteiger partial charge in [0.2, 0.25) is 0 Å². The number of likely N-dealkylation sites (tertiary alicyclic amines) is 1. The summed E-state index contributed by atoms with van der Waals surface area (Å²) >= 11 is 0. The van der Waals surface area contributed by atoms with E-state index in [0.717, 1.165) is 6.29 Å². The van der Waals surface area contributed by atoms with Gasteiger partial charge < -0.3 is 4.79 Å². The maximum atomic E-state index is 11.4. The minimum absolute atomic E-state index is 0.0406. The minimum Gasteiger partial charge on any atom is -0.301 e. The van der Waals surface area contributed by atoms with Gasteiger partial charge in [-0.2, -0.15) is 0 Å². The van der Waals surface area contributed by atoms with Crippen molar-refractivity contribution in [2.75, 3.05) is 7.05 Å². The van der Waals surface area contributed by atoms with E-state index in [1.165, 1.54) is 6.92 Å². The van der Waals surface area contributed by atoms with Gasteiger partial charge in [-0.05, 0) is 33.2 Å². The second-order valence-electron chi connectivity index (χ2n) is 4.13. The van der Waals surface area contributed by atoms with Crippen LogP contribution in [0.4, 0.5) is 0 Å². The predicted molar refractivity (Wildman–Crippen MR) is 50.5 cm³/mol. The van der Waals surface area contributed by atoms with Gasteiger partial charge in [-0.1, -0.05) is 6.92 Å². The van der Waals surface area contributed by atoms with Crippen LogP contribution in [0.2, 0.25) is 0 Å². The normalized spacial score (nSPS) is 40.6. The van der Waals surface area contributed by atoms with E-state index in [4.69, 9.17) is 0 Å². The lowest BCUT2D eigenvalue weighted by atomic mass is 9.90. The molecule has 1 rings (SSSR count). The minimum atomic E-state index is -0.848. The number of aldehydes is 1. The molecule has 3 atom stereocenters. The number of carbonyl (C=O) groups is 2. The van der Waals surface area contributed by atoms with Gasteiger partial charge in [-0.3, -0.25) is 9.69 Å². The van der Waals surface area contributed by atoms with Crippen LogP contribution < -0.4 is 0 Å². The fourth-order valence-corrected chi connectivity index (χ4v) is 2.16. The highest BCUT2D eigenvalue weighted by molar-refractivity contribution is 6.01. The number of rotatable bonds is 2. The van der Waals surface area contributed by atoms with Crippen molar-refractivity contribution in [2.24, 2.45) is 5.92 Å². The molecule has 3 unspecified atom stereocenters. The lowest BCUT2D eigenvalue weighted by Gasteiger charge is -2.30.